The fourth-order valence-corrected chi connectivity index (χ4v) is 1.76. The zero-order valence-corrected chi connectivity index (χ0v) is 11.1. The molecule has 2 N–H and O–H groups in total. The van der Waals surface area contributed by atoms with Crippen molar-refractivity contribution in [3.63, 3.8) is 0 Å². The second-order valence-corrected chi connectivity index (χ2v) is 4.22. The van der Waals surface area contributed by atoms with Crippen LogP contribution in [0.1, 0.15) is 5.56 Å². The number of rotatable bonds is 5. The maximum Gasteiger partial charge on any atom is 0.330 e. The highest BCUT2D eigenvalue weighted by Gasteiger charge is 2.07. The molecule has 0 radical (unpaired) electrons. The predicted octanol–water partition coefficient (Wildman–Crippen LogP) is 0.0417. The van der Waals surface area contributed by atoms with E-state index in [9.17, 15) is 9.59 Å². The highest BCUT2D eigenvalue weighted by atomic mass is 16.5. The summed E-state index contributed by atoms with van der Waals surface area (Å²) in [4.78, 5) is 25.7. The molecule has 0 aliphatic heterocycles. The van der Waals surface area contributed by atoms with Crippen LogP contribution in [0, 0.1) is 11.3 Å². The number of aromatic amines is 1. The molecule has 1 aromatic carbocycles. The van der Waals surface area contributed by atoms with Gasteiger partial charge in [0.15, 0.2) is 0 Å². The Morgan fingerprint density at radius 1 is 1.29 bits per heavy atom. The fourth-order valence-electron chi connectivity index (χ4n) is 1.76. The molecule has 0 saturated heterocycles. The van der Waals surface area contributed by atoms with Crippen LogP contribution in [0.15, 0.2) is 40.1 Å². The van der Waals surface area contributed by atoms with Gasteiger partial charge >= 0.3 is 5.69 Å². The first kappa shape index (κ1) is 14.7. The van der Waals surface area contributed by atoms with Gasteiger partial charge < -0.3 is 9.84 Å². The maximum absolute atomic E-state index is 11.9. The van der Waals surface area contributed by atoms with Gasteiger partial charge in [0.05, 0.1) is 30.4 Å². The van der Waals surface area contributed by atoms with Crippen molar-refractivity contribution in [1.29, 1.82) is 5.26 Å². The average molecular weight is 287 g/mol. The molecule has 0 amide bonds. The standard InChI is InChI=1S/C14H13N3O4/c15-7-10-1-3-11(4-2-10)12-8-17(9-21-6-5-18)14(20)16-13(12)19/h1-4,8,18H,5-6,9H2,(H,16,19,20). The number of nitriles is 1. The van der Waals surface area contributed by atoms with E-state index in [0.717, 1.165) is 0 Å². The number of nitrogens with one attached hydrogen (secondary N) is 1. The van der Waals surface area contributed by atoms with E-state index < -0.39 is 11.2 Å². The summed E-state index contributed by atoms with van der Waals surface area (Å²) in [5.74, 6) is 0. The van der Waals surface area contributed by atoms with Crippen molar-refractivity contribution in [3.8, 4) is 17.2 Å². The second-order valence-electron chi connectivity index (χ2n) is 4.22. The van der Waals surface area contributed by atoms with Gasteiger partial charge in [0.25, 0.3) is 5.56 Å². The van der Waals surface area contributed by atoms with E-state index in [4.69, 9.17) is 15.1 Å². The molecule has 0 atom stereocenters. The lowest BCUT2D eigenvalue weighted by Crippen LogP contribution is -2.31. The summed E-state index contributed by atoms with van der Waals surface area (Å²) in [5, 5.41) is 17.4. The minimum absolute atomic E-state index is 0.0700. The number of H-pyrrole nitrogens is 1. The van der Waals surface area contributed by atoms with Crippen molar-refractivity contribution in [3.05, 3.63) is 56.9 Å². The Bertz CT molecular complexity index is 769. The van der Waals surface area contributed by atoms with E-state index in [1.165, 1.54) is 10.8 Å². The van der Waals surface area contributed by atoms with Crippen LogP contribution in [0.3, 0.4) is 0 Å². The molecular weight excluding hydrogens is 274 g/mol. The smallest absolute Gasteiger partial charge is 0.330 e. The topological polar surface area (TPSA) is 108 Å². The summed E-state index contributed by atoms with van der Waals surface area (Å²) in [7, 11) is 0. The Morgan fingerprint density at radius 3 is 2.62 bits per heavy atom. The van der Waals surface area contributed by atoms with Gasteiger partial charge in [-0.2, -0.15) is 5.26 Å². The third-order valence-corrected chi connectivity index (χ3v) is 2.80. The van der Waals surface area contributed by atoms with Crippen molar-refractivity contribution in [2.45, 2.75) is 6.73 Å². The van der Waals surface area contributed by atoms with E-state index in [0.29, 0.717) is 16.7 Å². The minimum atomic E-state index is -0.588. The Kier molecular flexibility index (Phi) is 4.66. The van der Waals surface area contributed by atoms with Crippen LogP contribution in [0.2, 0.25) is 0 Å². The molecule has 21 heavy (non-hydrogen) atoms. The SMILES string of the molecule is N#Cc1ccc(-c2cn(COCCO)c(=O)[nH]c2=O)cc1. The van der Waals surface area contributed by atoms with Crippen molar-refractivity contribution in [1.82, 2.24) is 9.55 Å². The summed E-state index contributed by atoms with van der Waals surface area (Å²) < 4.78 is 6.26. The molecule has 0 fully saturated rings. The number of aliphatic hydroxyl groups is 1. The van der Waals surface area contributed by atoms with Crippen molar-refractivity contribution in [2.75, 3.05) is 13.2 Å². The Balaban J connectivity index is 2.38. The summed E-state index contributed by atoms with van der Waals surface area (Å²) in [6.45, 7) is -0.127. The molecule has 0 unspecified atom stereocenters. The predicted molar refractivity (Wildman–Crippen MR) is 74.5 cm³/mol. The highest BCUT2D eigenvalue weighted by molar-refractivity contribution is 5.62. The first-order valence-corrected chi connectivity index (χ1v) is 6.18. The minimum Gasteiger partial charge on any atom is -0.394 e. The van der Waals surface area contributed by atoms with Crippen molar-refractivity contribution < 1.29 is 9.84 Å². The van der Waals surface area contributed by atoms with Gasteiger partial charge in [0.1, 0.15) is 6.73 Å². The van der Waals surface area contributed by atoms with Crippen LogP contribution in [0.5, 0.6) is 0 Å². The van der Waals surface area contributed by atoms with Crippen LogP contribution < -0.4 is 11.2 Å². The normalized spacial score (nSPS) is 10.3. The van der Waals surface area contributed by atoms with Gasteiger partial charge in [0, 0.05) is 6.20 Å². The molecule has 108 valence electrons. The number of aliphatic hydroxyl groups excluding tert-OH is 1. The Morgan fingerprint density at radius 2 is 2.00 bits per heavy atom. The molecule has 0 saturated carbocycles. The zero-order valence-electron chi connectivity index (χ0n) is 11.1. The molecule has 2 aromatic rings. The van der Waals surface area contributed by atoms with Gasteiger partial charge in [-0.1, -0.05) is 12.1 Å². The summed E-state index contributed by atoms with van der Waals surface area (Å²) in [6, 6.07) is 8.43. The molecule has 7 heteroatoms. The van der Waals surface area contributed by atoms with Crippen molar-refractivity contribution >= 4 is 0 Å². The molecule has 1 aromatic heterocycles. The third kappa shape index (κ3) is 3.45. The average Bonchev–Trinajstić information content (AvgIpc) is 2.50. The maximum atomic E-state index is 11.9. The van der Waals surface area contributed by atoms with Gasteiger partial charge in [-0.25, -0.2) is 4.79 Å². The van der Waals surface area contributed by atoms with Gasteiger partial charge in [-0.15, -0.1) is 0 Å². The van der Waals surface area contributed by atoms with Crippen LogP contribution in [-0.4, -0.2) is 27.9 Å². The second kappa shape index (κ2) is 6.65. The zero-order chi connectivity index (χ0) is 15.2. The molecule has 0 aliphatic rings. The number of benzene rings is 1. The van der Waals surface area contributed by atoms with Crippen LogP contribution in [-0.2, 0) is 11.5 Å². The lowest BCUT2D eigenvalue weighted by molar-refractivity contribution is 0.0457. The quantitative estimate of drug-likeness (QED) is 0.755. The Hall–Kier alpha value is -2.69. The molecule has 2 rings (SSSR count). The Labute approximate surface area is 119 Å². The summed E-state index contributed by atoms with van der Waals surface area (Å²) >= 11 is 0. The summed E-state index contributed by atoms with van der Waals surface area (Å²) in [6.07, 6.45) is 1.39. The lowest BCUT2D eigenvalue weighted by atomic mass is 10.1. The molecular formula is C14H13N3O4. The first-order chi connectivity index (χ1) is 10.2. The molecule has 7 nitrogen and oxygen atoms in total. The van der Waals surface area contributed by atoms with Crippen LogP contribution >= 0.6 is 0 Å². The molecule has 1 heterocycles. The van der Waals surface area contributed by atoms with Crippen LogP contribution in [0.4, 0.5) is 0 Å². The number of aromatic nitrogens is 2. The van der Waals surface area contributed by atoms with Crippen molar-refractivity contribution in [2.24, 2.45) is 0 Å². The van der Waals surface area contributed by atoms with Gasteiger partial charge in [-0.3, -0.25) is 14.3 Å². The third-order valence-electron chi connectivity index (χ3n) is 2.80. The number of ether oxygens (including phenoxy) is 1. The number of nitrogens with zero attached hydrogens (tertiary/aromatic N) is 2. The van der Waals surface area contributed by atoms with Crippen LogP contribution in [0.25, 0.3) is 11.1 Å². The van der Waals surface area contributed by atoms with E-state index in [-0.39, 0.29) is 19.9 Å². The summed E-state index contributed by atoms with van der Waals surface area (Å²) in [5.41, 5.74) is 0.270. The van der Waals surface area contributed by atoms with E-state index in [1.807, 2.05) is 6.07 Å². The van der Waals surface area contributed by atoms with Gasteiger partial charge in [-0.05, 0) is 17.7 Å². The number of hydrogen-bond acceptors (Lipinski definition) is 5. The lowest BCUT2D eigenvalue weighted by Gasteiger charge is -2.08. The highest BCUT2D eigenvalue weighted by Crippen LogP contribution is 2.14. The van der Waals surface area contributed by atoms with E-state index in [2.05, 4.69) is 4.98 Å². The number of hydrogen-bond donors (Lipinski definition) is 2. The van der Waals surface area contributed by atoms with E-state index in [1.54, 1.807) is 24.3 Å². The monoisotopic (exact) mass is 287 g/mol. The largest absolute Gasteiger partial charge is 0.394 e. The first-order valence-electron chi connectivity index (χ1n) is 6.18. The molecule has 0 spiro atoms. The van der Waals surface area contributed by atoms with Gasteiger partial charge in [0.2, 0.25) is 0 Å². The fraction of sp³-hybridized carbons (Fsp3) is 0.214. The van der Waals surface area contributed by atoms with E-state index >= 15 is 0 Å². The molecule has 0 bridgehead atoms. The molecule has 0 aliphatic carbocycles.